The molecule has 144 valence electrons. The second-order valence-electron chi connectivity index (χ2n) is 6.79. The zero-order chi connectivity index (χ0) is 20.1. The van der Waals surface area contributed by atoms with Crippen molar-refractivity contribution in [3.05, 3.63) is 76.1 Å². The molecule has 0 amide bonds. The zero-order valence-electron chi connectivity index (χ0n) is 15.4. The van der Waals surface area contributed by atoms with Crippen LogP contribution in [0.2, 0.25) is 0 Å². The van der Waals surface area contributed by atoms with Crippen LogP contribution in [0.5, 0.6) is 0 Å². The number of pyridine rings is 1. The van der Waals surface area contributed by atoms with Crippen molar-refractivity contribution in [2.75, 3.05) is 5.73 Å². The van der Waals surface area contributed by atoms with E-state index in [-0.39, 0.29) is 11.9 Å². The van der Waals surface area contributed by atoms with Crippen LogP contribution in [-0.2, 0) is 0 Å². The van der Waals surface area contributed by atoms with Crippen molar-refractivity contribution in [1.82, 2.24) is 24.1 Å². The minimum atomic E-state index is -0.267. The summed E-state index contributed by atoms with van der Waals surface area (Å²) in [6.07, 6.45) is 3.38. The highest BCUT2D eigenvalue weighted by Gasteiger charge is 2.24. The molecule has 0 aliphatic rings. The fraction of sp³-hybridized carbons (Fsp3) is 0.0952. The van der Waals surface area contributed by atoms with Crippen LogP contribution in [0.4, 0.5) is 10.2 Å². The Bertz CT molecular complexity index is 1370. The van der Waals surface area contributed by atoms with Crippen molar-refractivity contribution < 1.29 is 4.39 Å². The molecule has 0 aliphatic carbocycles. The summed E-state index contributed by atoms with van der Waals surface area (Å²) in [4.78, 5) is 8.49. The Hall–Kier alpha value is -3.01. The molecule has 1 atom stereocenters. The summed E-state index contributed by atoms with van der Waals surface area (Å²) in [6.45, 7) is 2.03. The number of nitrogens with zero attached hydrogens (tertiary/aromatic N) is 5. The van der Waals surface area contributed by atoms with E-state index >= 15 is 0 Å². The lowest BCUT2D eigenvalue weighted by Gasteiger charge is -2.15. The van der Waals surface area contributed by atoms with Crippen LogP contribution in [-0.4, -0.2) is 24.1 Å². The standard InChI is InChI=1S/C21H16FIN6/c1-12(29-21-17(19(23)27-29)20(24)25-11-26-21)15-10-13-6-4-5-9-28(13)18(15)14-7-2-3-8-16(14)22/h2-12H,1H3,(H2,24,25,26). The van der Waals surface area contributed by atoms with Crippen LogP contribution in [0.25, 0.3) is 27.8 Å². The Kier molecular flexibility index (Phi) is 4.23. The van der Waals surface area contributed by atoms with Crippen molar-refractivity contribution in [3.63, 3.8) is 0 Å². The van der Waals surface area contributed by atoms with Crippen LogP contribution < -0.4 is 5.73 Å². The van der Waals surface area contributed by atoms with Gasteiger partial charge in [0.2, 0.25) is 0 Å². The van der Waals surface area contributed by atoms with Gasteiger partial charge in [0.15, 0.2) is 5.65 Å². The van der Waals surface area contributed by atoms with E-state index in [0.29, 0.717) is 17.0 Å². The van der Waals surface area contributed by atoms with Gasteiger partial charge in [0.1, 0.15) is 21.7 Å². The van der Waals surface area contributed by atoms with Gasteiger partial charge in [-0.15, -0.1) is 0 Å². The molecule has 0 saturated carbocycles. The summed E-state index contributed by atoms with van der Waals surface area (Å²) >= 11 is 2.14. The fourth-order valence-electron chi connectivity index (χ4n) is 3.76. The lowest BCUT2D eigenvalue weighted by molar-refractivity contribution is 0.575. The lowest BCUT2D eigenvalue weighted by Crippen LogP contribution is -2.10. The predicted molar refractivity (Wildman–Crippen MR) is 119 cm³/mol. The van der Waals surface area contributed by atoms with Crippen molar-refractivity contribution in [3.8, 4) is 11.3 Å². The molecule has 29 heavy (non-hydrogen) atoms. The second kappa shape index (κ2) is 6.80. The van der Waals surface area contributed by atoms with E-state index in [1.54, 1.807) is 12.1 Å². The summed E-state index contributed by atoms with van der Waals surface area (Å²) in [5.41, 5.74) is 9.97. The van der Waals surface area contributed by atoms with Gasteiger partial charge in [-0.25, -0.2) is 19.0 Å². The van der Waals surface area contributed by atoms with E-state index in [9.17, 15) is 4.39 Å². The number of benzene rings is 1. The monoisotopic (exact) mass is 498 g/mol. The molecular weight excluding hydrogens is 482 g/mol. The lowest BCUT2D eigenvalue weighted by atomic mass is 10.0. The second-order valence-corrected chi connectivity index (χ2v) is 7.81. The number of halogens is 2. The minimum Gasteiger partial charge on any atom is -0.383 e. The molecule has 1 unspecified atom stereocenters. The van der Waals surface area contributed by atoms with Gasteiger partial charge in [0.05, 0.1) is 17.1 Å². The molecule has 5 aromatic rings. The molecule has 6 nitrogen and oxygen atoms in total. The third-order valence-corrected chi connectivity index (χ3v) is 5.89. The van der Waals surface area contributed by atoms with Crippen molar-refractivity contribution in [2.45, 2.75) is 13.0 Å². The smallest absolute Gasteiger partial charge is 0.165 e. The Morgan fingerprint density at radius 3 is 2.72 bits per heavy atom. The third-order valence-electron chi connectivity index (χ3n) is 5.13. The van der Waals surface area contributed by atoms with Gasteiger partial charge in [-0.1, -0.05) is 18.2 Å². The Labute approximate surface area is 179 Å². The molecule has 0 fully saturated rings. The van der Waals surface area contributed by atoms with Crippen LogP contribution in [0.3, 0.4) is 0 Å². The van der Waals surface area contributed by atoms with Crippen LogP contribution in [0, 0.1) is 9.52 Å². The molecule has 0 aliphatic heterocycles. The first-order chi connectivity index (χ1) is 14.1. The number of rotatable bonds is 3. The fourth-order valence-corrected chi connectivity index (χ4v) is 4.51. The molecule has 1 aromatic carbocycles. The van der Waals surface area contributed by atoms with Gasteiger partial charge in [-0.05, 0) is 59.8 Å². The first kappa shape index (κ1) is 18.0. The van der Waals surface area contributed by atoms with Crippen LogP contribution in [0.1, 0.15) is 18.5 Å². The van der Waals surface area contributed by atoms with Crippen LogP contribution >= 0.6 is 22.6 Å². The quantitative estimate of drug-likeness (QED) is 0.367. The number of hydrogen-bond acceptors (Lipinski definition) is 4. The van der Waals surface area contributed by atoms with Gasteiger partial charge in [-0.2, -0.15) is 5.10 Å². The zero-order valence-corrected chi connectivity index (χ0v) is 17.6. The highest BCUT2D eigenvalue weighted by molar-refractivity contribution is 14.1. The maximum atomic E-state index is 14.8. The van der Waals surface area contributed by atoms with Crippen LogP contribution in [0.15, 0.2) is 61.1 Å². The van der Waals surface area contributed by atoms with E-state index in [0.717, 1.165) is 25.9 Å². The van der Waals surface area contributed by atoms with Gasteiger partial charge in [0.25, 0.3) is 0 Å². The molecule has 4 heterocycles. The molecule has 2 N–H and O–H groups in total. The molecule has 0 radical (unpaired) electrons. The first-order valence-corrected chi connectivity index (χ1v) is 10.1. The average Bonchev–Trinajstić information content (AvgIpc) is 3.27. The third kappa shape index (κ3) is 2.78. The summed E-state index contributed by atoms with van der Waals surface area (Å²) in [5, 5.41) is 5.40. The average molecular weight is 498 g/mol. The summed E-state index contributed by atoms with van der Waals surface area (Å²) in [7, 11) is 0. The topological polar surface area (TPSA) is 74.0 Å². The van der Waals surface area contributed by atoms with E-state index in [1.807, 2.05) is 46.5 Å². The minimum absolute atomic E-state index is 0.204. The number of aromatic nitrogens is 5. The highest BCUT2D eigenvalue weighted by Crippen LogP contribution is 2.36. The van der Waals surface area contributed by atoms with Gasteiger partial charge in [-0.3, -0.25) is 0 Å². The molecular formula is C21H16FIN6. The molecule has 5 rings (SSSR count). The van der Waals surface area contributed by atoms with Crippen molar-refractivity contribution in [2.24, 2.45) is 0 Å². The number of nitrogens with two attached hydrogens (primary N) is 1. The van der Waals surface area contributed by atoms with Gasteiger partial charge in [0, 0.05) is 22.8 Å². The Morgan fingerprint density at radius 2 is 1.90 bits per heavy atom. The van der Waals surface area contributed by atoms with Crippen molar-refractivity contribution >= 4 is 45.0 Å². The summed E-state index contributed by atoms with van der Waals surface area (Å²) in [6, 6.07) is 14.6. The van der Waals surface area contributed by atoms with Gasteiger partial charge >= 0.3 is 0 Å². The largest absolute Gasteiger partial charge is 0.383 e. The highest BCUT2D eigenvalue weighted by atomic mass is 127. The Balaban J connectivity index is 1.79. The van der Waals surface area contributed by atoms with Gasteiger partial charge < -0.3 is 10.1 Å². The molecule has 8 heteroatoms. The number of fused-ring (bicyclic) bond motifs is 2. The van der Waals surface area contributed by atoms with E-state index < -0.39 is 0 Å². The van der Waals surface area contributed by atoms with E-state index in [1.165, 1.54) is 12.4 Å². The molecule has 0 saturated heterocycles. The number of anilines is 1. The van der Waals surface area contributed by atoms with Crippen molar-refractivity contribution in [1.29, 1.82) is 0 Å². The maximum Gasteiger partial charge on any atom is 0.165 e. The number of nitrogen functional groups attached to an aromatic ring is 1. The van der Waals surface area contributed by atoms with E-state index in [4.69, 9.17) is 5.73 Å². The normalized spacial score (nSPS) is 12.7. The summed E-state index contributed by atoms with van der Waals surface area (Å²) < 4.78 is 19.3. The molecule has 4 aromatic heterocycles. The van der Waals surface area contributed by atoms with E-state index in [2.05, 4.69) is 43.7 Å². The summed E-state index contributed by atoms with van der Waals surface area (Å²) in [5.74, 6) is 0.130. The first-order valence-electron chi connectivity index (χ1n) is 9.05. The molecule has 0 bridgehead atoms. The maximum absolute atomic E-state index is 14.8. The number of hydrogen-bond donors (Lipinski definition) is 1. The Morgan fingerprint density at radius 1 is 1.10 bits per heavy atom. The predicted octanol–water partition coefficient (Wildman–Crippen LogP) is 4.68. The SMILES string of the molecule is CC(c1cc2ccccn2c1-c1ccccc1F)n1nc(I)c2c(N)ncnc21. The molecule has 0 spiro atoms.